The molecule has 1 aliphatic rings. The van der Waals surface area contributed by atoms with E-state index in [9.17, 15) is 4.79 Å². The van der Waals surface area contributed by atoms with Crippen LogP contribution in [0.5, 0.6) is 0 Å². The molecular formula is C22H15BrClN3O2S. The molecule has 3 aromatic rings. The van der Waals surface area contributed by atoms with E-state index in [1.807, 2.05) is 36.4 Å². The number of carbonyl (C=O) groups excluding carboxylic acids is 1. The topological polar surface area (TPSA) is 58.7 Å². The quantitative estimate of drug-likeness (QED) is 0.226. The van der Waals surface area contributed by atoms with Gasteiger partial charge in [-0.1, -0.05) is 45.7 Å². The van der Waals surface area contributed by atoms with Gasteiger partial charge >= 0.3 is 0 Å². The minimum atomic E-state index is -0.166. The van der Waals surface area contributed by atoms with Crippen LogP contribution in [0.15, 0.2) is 86.2 Å². The van der Waals surface area contributed by atoms with Crippen molar-refractivity contribution in [1.29, 1.82) is 0 Å². The molecule has 150 valence electrons. The number of amidine groups is 1. The number of hydrogen-bond acceptors (Lipinski definition) is 5. The maximum absolute atomic E-state index is 12.9. The third-order valence-electron chi connectivity index (χ3n) is 4.18. The van der Waals surface area contributed by atoms with Crippen molar-refractivity contribution < 1.29 is 9.21 Å². The highest BCUT2D eigenvalue weighted by Crippen LogP contribution is 2.36. The number of furan rings is 1. The van der Waals surface area contributed by atoms with Gasteiger partial charge in [0.25, 0.3) is 5.91 Å². The number of pyridine rings is 1. The molecule has 0 saturated carbocycles. The molecule has 1 aromatic carbocycles. The third kappa shape index (κ3) is 4.43. The van der Waals surface area contributed by atoms with Gasteiger partial charge in [-0.2, -0.15) is 0 Å². The maximum atomic E-state index is 12.9. The van der Waals surface area contributed by atoms with Crippen LogP contribution in [0.2, 0.25) is 5.15 Å². The molecule has 4 rings (SSSR count). The maximum Gasteiger partial charge on any atom is 0.267 e. The van der Waals surface area contributed by atoms with Gasteiger partial charge in [-0.15, -0.1) is 6.58 Å². The highest BCUT2D eigenvalue weighted by molar-refractivity contribution is 9.10. The second kappa shape index (κ2) is 9.04. The molecule has 0 N–H and O–H groups in total. The molecule has 0 radical (unpaired) electrons. The molecule has 0 bridgehead atoms. The fourth-order valence-electron chi connectivity index (χ4n) is 2.77. The molecule has 3 heterocycles. The summed E-state index contributed by atoms with van der Waals surface area (Å²) in [5.41, 5.74) is 1.45. The van der Waals surface area contributed by atoms with E-state index in [1.54, 1.807) is 35.4 Å². The van der Waals surface area contributed by atoms with Gasteiger partial charge < -0.3 is 4.42 Å². The zero-order valence-corrected chi connectivity index (χ0v) is 18.7. The van der Waals surface area contributed by atoms with Crippen LogP contribution in [-0.4, -0.2) is 27.5 Å². The molecule has 2 aromatic heterocycles. The van der Waals surface area contributed by atoms with E-state index in [0.29, 0.717) is 28.1 Å². The van der Waals surface area contributed by atoms with Crippen molar-refractivity contribution in [2.24, 2.45) is 4.99 Å². The molecule has 0 atom stereocenters. The molecule has 0 aliphatic carbocycles. The van der Waals surface area contributed by atoms with Crippen LogP contribution in [0, 0.1) is 0 Å². The number of amides is 1. The average Bonchev–Trinajstić information content (AvgIpc) is 3.31. The Morgan fingerprint density at radius 3 is 2.77 bits per heavy atom. The molecule has 1 saturated heterocycles. The Bertz CT molecular complexity index is 1170. The molecule has 1 amide bonds. The van der Waals surface area contributed by atoms with Gasteiger partial charge in [0, 0.05) is 28.9 Å². The number of aromatic nitrogens is 1. The zero-order chi connectivity index (χ0) is 21.1. The normalized spacial score (nSPS) is 16.6. The molecule has 1 aliphatic heterocycles. The first-order chi connectivity index (χ1) is 14.5. The zero-order valence-electron chi connectivity index (χ0n) is 15.6. The van der Waals surface area contributed by atoms with Gasteiger partial charge in [-0.05, 0) is 48.2 Å². The molecule has 8 heteroatoms. The van der Waals surface area contributed by atoms with Crippen LogP contribution < -0.4 is 0 Å². The number of aliphatic imine (C=N–C) groups is 1. The Balaban J connectivity index is 1.64. The Kier molecular flexibility index (Phi) is 6.22. The van der Waals surface area contributed by atoms with Gasteiger partial charge in [-0.25, -0.2) is 9.98 Å². The minimum Gasteiger partial charge on any atom is -0.457 e. The van der Waals surface area contributed by atoms with E-state index in [2.05, 4.69) is 32.5 Å². The summed E-state index contributed by atoms with van der Waals surface area (Å²) in [5.74, 6) is 1.15. The SMILES string of the molecule is C=CCN1C(=O)/C(=C\c2ccc(-c3ccc(Br)cc3)o2)SC1=Nc1cccnc1Cl. The summed E-state index contributed by atoms with van der Waals surface area (Å²) in [6, 6.07) is 15.0. The summed E-state index contributed by atoms with van der Waals surface area (Å²) in [6.07, 6.45) is 4.96. The van der Waals surface area contributed by atoms with Crippen LogP contribution in [0.25, 0.3) is 17.4 Å². The van der Waals surface area contributed by atoms with Gasteiger partial charge in [0.15, 0.2) is 10.3 Å². The molecule has 0 spiro atoms. The van der Waals surface area contributed by atoms with Crippen molar-refractivity contribution >= 4 is 62.1 Å². The summed E-state index contributed by atoms with van der Waals surface area (Å²) in [5, 5.41) is 0.792. The number of halogens is 2. The molecule has 5 nitrogen and oxygen atoms in total. The van der Waals surface area contributed by atoms with E-state index < -0.39 is 0 Å². The van der Waals surface area contributed by atoms with Gasteiger partial charge in [-0.3, -0.25) is 9.69 Å². The van der Waals surface area contributed by atoms with Crippen molar-refractivity contribution in [1.82, 2.24) is 9.88 Å². The lowest BCUT2D eigenvalue weighted by atomic mass is 10.2. The number of thioether (sulfide) groups is 1. The second-order valence-electron chi connectivity index (χ2n) is 6.23. The summed E-state index contributed by atoms with van der Waals surface area (Å²) < 4.78 is 6.92. The van der Waals surface area contributed by atoms with E-state index in [-0.39, 0.29) is 11.1 Å². The number of hydrogen-bond donors (Lipinski definition) is 0. The first kappa shape index (κ1) is 20.7. The molecule has 0 unspecified atom stereocenters. The predicted octanol–water partition coefficient (Wildman–Crippen LogP) is 6.55. The van der Waals surface area contributed by atoms with Crippen molar-refractivity contribution in [2.75, 3.05) is 6.54 Å². The van der Waals surface area contributed by atoms with Crippen LogP contribution in [0.4, 0.5) is 5.69 Å². The number of carbonyl (C=O) groups is 1. The summed E-state index contributed by atoms with van der Waals surface area (Å²) >= 11 is 10.8. The number of rotatable bonds is 5. The van der Waals surface area contributed by atoms with Crippen molar-refractivity contribution in [3.63, 3.8) is 0 Å². The largest absolute Gasteiger partial charge is 0.457 e. The third-order valence-corrected chi connectivity index (χ3v) is 6.01. The van der Waals surface area contributed by atoms with Crippen molar-refractivity contribution in [3.05, 3.63) is 87.7 Å². The monoisotopic (exact) mass is 499 g/mol. The highest BCUT2D eigenvalue weighted by atomic mass is 79.9. The lowest BCUT2D eigenvalue weighted by Crippen LogP contribution is -2.29. The van der Waals surface area contributed by atoms with E-state index in [0.717, 1.165) is 15.8 Å². The number of nitrogens with zero attached hydrogens (tertiary/aromatic N) is 3. The molecular weight excluding hydrogens is 486 g/mol. The summed E-state index contributed by atoms with van der Waals surface area (Å²) in [4.78, 5) is 23.5. The van der Waals surface area contributed by atoms with E-state index in [1.165, 1.54) is 11.8 Å². The van der Waals surface area contributed by atoms with Gasteiger partial charge in [0.2, 0.25) is 0 Å². The first-order valence-corrected chi connectivity index (χ1v) is 10.9. The predicted molar refractivity (Wildman–Crippen MR) is 126 cm³/mol. The standard InChI is InChI=1S/C22H15BrClN3O2S/c1-2-12-27-21(28)19(30-22(27)26-17-4-3-11-25-20(17)24)13-16-9-10-18(29-16)14-5-7-15(23)8-6-14/h2-11,13H,1,12H2/b19-13+,26-22?. The average molecular weight is 501 g/mol. The Morgan fingerprint density at radius 1 is 1.23 bits per heavy atom. The lowest BCUT2D eigenvalue weighted by Gasteiger charge is -2.12. The van der Waals surface area contributed by atoms with Crippen LogP contribution >= 0.6 is 39.3 Å². The first-order valence-electron chi connectivity index (χ1n) is 8.92. The van der Waals surface area contributed by atoms with Crippen molar-refractivity contribution in [3.8, 4) is 11.3 Å². The fraction of sp³-hybridized carbons (Fsp3) is 0.0455. The van der Waals surface area contributed by atoms with E-state index >= 15 is 0 Å². The Hall–Kier alpha value is -2.61. The molecule has 1 fully saturated rings. The Labute approximate surface area is 191 Å². The van der Waals surface area contributed by atoms with E-state index in [4.69, 9.17) is 16.0 Å². The lowest BCUT2D eigenvalue weighted by molar-refractivity contribution is -0.121. The van der Waals surface area contributed by atoms with Crippen LogP contribution in [0.1, 0.15) is 5.76 Å². The number of benzene rings is 1. The van der Waals surface area contributed by atoms with Gasteiger partial charge in [0.1, 0.15) is 17.2 Å². The summed E-state index contributed by atoms with van der Waals surface area (Å²) in [6.45, 7) is 4.07. The highest BCUT2D eigenvalue weighted by Gasteiger charge is 2.33. The Morgan fingerprint density at radius 2 is 2.03 bits per heavy atom. The summed E-state index contributed by atoms with van der Waals surface area (Å²) in [7, 11) is 0. The van der Waals surface area contributed by atoms with Gasteiger partial charge in [0.05, 0.1) is 4.91 Å². The van der Waals surface area contributed by atoms with Crippen LogP contribution in [-0.2, 0) is 4.79 Å². The smallest absolute Gasteiger partial charge is 0.267 e. The second-order valence-corrected chi connectivity index (χ2v) is 8.51. The van der Waals surface area contributed by atoms with Crippen molar-refractivity contribution in [2.45, 2.75) is 0 Å². The minimum absolute atomic E-state index is 0.166. The van der Waals surface area contributed by atoms with Crippen LogP contribution in [0.3, 0.4) is 0 Å². The molecule has 30 heavy (non-hydrogen) atoms. The fourth-order valence-corrected chi connectivity index (χ4v) is 4.18.